The molecule has 1 aliphatic rings. The minimum atomic E-state index is -0.0185. The quantitative estimate of drug-likeness (QED) is 0.831. The molecule has 7 nitrogen and oxygen atoms in total. The smallest absolute Gasteiger partial charge is 0.256 e. The van der Waals surface area contributed by atoms with Crippen LogP contribution in [0.25, 0.3) is 5.78 Å². The Morgan fingerprint density at radius 3 is 3.14 bits per heavy atom. The lowest BCUT2D eigenvalue weighted by Gasteiger charge is -2.10. The van der Waals surface area contributed by atoms with E-state index in [9.17, 15) is 4.79 Å². The Morgan fingerprint density at radius 1 is 1.50 bits per heavy atom. The van der Waals surface area contributed by atoms with Crippen LogP contribution in [0.1, 0.15) is 24.2 Å². The first-order chi connectivity index (χ1) is 10.6. The summed E-state index contributed by atoms with van der Waals surface area (Å²) in [6.07, 6.45) is 2.26. The molecular weight excluding hydrogens is 302 g/mol. The maximum absolute atomic E-state index is 11.9. The van der Waals surface area contributed by atoms with E-state index in [2.05, 4.69) is 20.5 Å². The van der Waals surface area contributed by atoms with E-state index < -0.39 is 0 Å². The highest BCUT2D eigenvalue weighted by atomic mass is 32.2. The van der Waals surface area contributed by atoms with Crippen LogP contribution in [0.3, 0.4) is 0 Å². The summed E-state index contributed by atoms with van der Waals surface area (Å²) >= 11 is 1.36. The molecule has 2 aromatic heterocycles. The fourth-order valence-electron chi connectivity index (χ4n) is 2.51. The molecule has 0 aliphatic carbocycles. The summed E-state index contributed by atoms with van der Waals surface area (Å²) in [5.74, 6) is 0.857. The van der Waals surface area contributed by atoms with Crippen molar-refractivity contribution in [3.8, 4) is 0 Å². The summed E-state index contributed by atoms with van der Waals surface area (Å²) in [5, 5.41) is 11.8. The van der Waals surface area contributed by atoms with Crippen LogP contribution in [0.4, 0.5) is 0 Å². The molecule has 0 spiro atoms. The van der Waals surface area contributed by atoms with Crippen molar-refractivity contribution in [2.75, 3.05) is 18.9 Å². The summed E-state index contributed by atoms with van der Waals surface area (Å²) in [6, 6.07) is 1.97. The highest BCUT2D eigenvalue weighted by Crippen LogP contribution is 2.18. The van der Waals surface area contributed by atoms with Gasteiger partial charge in [-0.05, 0) is 32.8 Å². The third kappa shape index (κ3) is 3.38. The molecule has 1 aliphatic heterocycles. The van der Waals surface area contributed by atoms with E-state index in [0.29, 0.717) is 23.2 Å². The van der Waals surface area contributed by atoms with Crippen LogP contribution in [0.2, 0.25) is 0 Å². The second kappa shape index (κ2) is 6.62. The molecule has 0 saturated carbocycles. The number of nitrogens with zero attached hydrogens (tertiary/aromatic N) is 4. The topological polar surface area (TPSA) is 81.4 Å². The molecule has 3 heterocycles. The lowest BCUT2D eigenvalue weighted by molar-refractivity contribution is -0.119. The van der Waals surface area contributed by atoms with E-state index in [1.54, 1.807) is 0 Å². The van der Waals surface area contributed by atoms with E-state index in [1.807, 2.05) is 24.3 Å². The number of aryl methyl sites for hydroxylation is 2. The van der Waals surface area contributed by atoms with E-state index in [4.69, 9.17) is 4.74 Å². The first-order valence-corrected chi connectivity index (χ1v) is 8.32. The molecule has 8 heteroatoms. The number of hydrogen-bond acceptors (Lipinski definition) is 6. The maximum atomic E-state index is 11.9. The number of amides is 1. The monoisotopic (exact) mass is 321 g/mol. The lowest BCUT2D eigenvalue weighted by Crippen LogP contribution is -2.32. The Bertz CT molecular complexity index is 681. The van der Waals surface area contributed by atoms with Gasteiger partial charge in [-0.3, -0.25) is 9.20 Å². The van der Waals surface area contributed by atoms with Crippen molar-refractivity contribution in [1.82, 2.24) is 24.9 Å². The van der Waals surface area contributed by atoms with Crippen LogP contribution >= 0.6 is 11.8 Å². The summed E-state index contributed by atoms with van der Waals surface area (Å²) in [6.45, 7) is 5.28. The van der Waals surface area contributed by atoms with Gasteiger partial charge in [0.05, 0.1) is 11.9 Å². The largest absolute Gasteiger partial charge is 0.376 e. The van der Waals surface area contributed by atoms with Gasteiger partial charge in [0.15, 0.2) is 5.16 Å². The third-order valence-corrected chi connectivity index (χ3v) is 4.48. The third-order valence-electron chi connectivity index (χ3n) is 3.55. The Kier molecular flexibility index (Phi) is 4.58. The first-order valence-electron chi connectivity index (χ1n) is 7.34. The van der Waals surface area contributed by atoms with Gasteiger partial charge in [-0.15, -0.1) is 10.2 Å². The van der Waals surface area contributed by atoms with Gasteiger partial charge in [0, 0.05) is 24.5 Å². The van der Waals surface area contributed by atoms with Gasteiger partial charge >= 0.3 is 0 Å². The highest BCUT2D eigenvalue weighted by Gasteiger charge is 2.17. The van der Waals surface area contributed by atoms with Crippen LogP contribution in [0.5, 0.6) is 0 Å². The Hall–Kier alpha value is -1.67. The van der Waals surface area contributed by atoms with Gasteiger partial charge in [0.25, 0.3) is 5.78 Å². The van der Waals surface area contributed by atoms with Gasteiger partial charge in [0.2, 0.25) is 5.91 Å². The van der Waals surface area contributed by atoms with Crippen molar-refractivity contribution < 1.29 is 9.53 Å². The zero-order chi connectivity index (χ0) is 15.5. The van der Waals surface area contributed by atoms with Crippen LogP contribution in [-0.2, 0) is 9.53 Å². The van der Waals surface area contributed by atoms with Crippen LogP contribution in [0, 0.1) is 13.8 Å². The molecule has 0 bridgehead atoms. The molecule has 0 aromatic carbocycles. The minimum absolute atomic E-state index is 0.0185. The normalized spacial score (nSPS) is 18.0. The molecule has 0 radical (unpaired) electrons. The summed E-state index contributed by atoms with van der Waals surface area (Å²) in [4.78, 5) is 16.2. The zero-order valence-corrected chi connectivity index (χ0v) is 13.5. The Labute approximate surface area is 132 Å². The van der Waals surface area contributed by atoms with Crippen LogP contribution < -0.4 is 5.32 Å². The molecule has 118 valence electrons. The SMILES string of the molecule is Cc1cc(C)n2c(SCC(=O)NCC3CCCO3)nnc2n1. The van der Waals surface area contributed by atoms with Gasteiger partial charge in [0.1, 0.15) is 0 Å². The second-order valence-corrected chi connectivity index (χ2v) is 6.33. The van der Waals surface area contributed by atoms with Crippen molar-refractivity contribution in [3.63, 3.8) is 0 Å². The number of aromatic nitrogens is 4. The van der Waals surface area contributed by atoms with Gasteiger partial charge in [-0.25, -0.2) is 4.98 Å². The van der Waals surface area contributed by atoms with E-state index in [-0.39, 0.29) is 12.0 Å². The standard InChI is InChI=1S/C14H19N5O2S/c1-9-6-10(2)19-13(16-9)17-18-14(19)22-8-12(20)15-7-11-4-3-5-21-11/h6,11H,3-5,7-8H2,1-2H3,(H,15,20). The highest BCUT2D eigenvalue weighted by molar-refractivity contribution is 7.99. The molecule has 1 N–H and O–H groups in total. The predicted molar refractivity (Wildman–Crippen MR) is 83.0 cm³/mol. The molecule has 22 heavy (non-hydrogen) atoms. The fourth-order valence-corrected chi connectivity index (χ4v) is 3.32. The molecule has 1 unspecified atom stereocenters. The Balaban J connectivity index is 1.58. The summed E-state index contributed by atoms with van der Waals surface area (Å²) in [5.41, 5.74) is 1.91. The maximum Gasteiger partial charge on any atom is 0.256 e. The zero-order valence-electron chi connectivity index (χ0n) is 12.7. The lowest BCUT2D eigenvalue weighted by atomic mass is 10.2. The van der Waals surface area contributed by atoms with Crippen molar-refractivity contribution in [2.45, 2.75) is 37.9 Å². The molecule has 1 fully saturated rings. The van der Waals surface area contributed by atoms with E-state index in [0.717, 1.165) is 30.8 Å². The number of nitrogens with one attached hydrogen (secondary N) is 1. The predicted octanol–water partition coefficient (Wildman–Crippen LogP) is 1.13. The number of carbonyl (C=O) groups is 1. The molecule has 1 atom stereocenters. The first kappa shape index (κ1) is 15.2. The molecule has 3 rings (SSSR count). The molecule has 1 amide bonds. The van der Waals surface area contributed by atoms with Gasteiger partial charge < -0.3 is 10.1 Å². The average molecular weight is 321 g/mol. The van der Waals surface area contributed by atoms with Crippen molar-refractivity contribution in [3.05, 3.63) is 17.5 Å². The van der Waals surface area contributed by atoms with E-state index in [1.165, 1.54) is 11.8 Å². The molecule has 1 saturated heterocycles. The van der Waals surface area contributed by atoms with Crippen LogP contribution in [0.15, 0.2) is 11.2 Å². The number of rotatable bonds is 5. The fraction of sp³-hybridized carbons (Fsp3) is 0.571. The Morgan fingerprint density at radius 2 is 2.36 bits per heavy atom. The van der Waals surface area contributed by atoms with Crippen LogP contribution in [-0.4, -0.2) is 50.5 Å². The average Bonchev–Trinajstić information content (AvgIpc) is 3.12. The van der Waals surface area contributed by atoms with Crippen molar-refractivity contribution in [1.29, 1.82) is 0 Å². The number of fused-ring (bicyclic) bond motifs is 1. The number of hydrogen-bond donors (Lipinski definition) is 1. The molecule has 2 aromatic rings. The van der Waals surface area contributed by atoms with Crippen molar-refractivity contribution in [2.24, 2.45) is 0 Å². The van der Waals surface area contributed by atoms with Gasteiger partial charge in [-0.2, -0.15) is 0 Å². The molecular formula is C14H19N5O2S. The second-order valence-electron chi connectivity index (χ2n) is 5.38. The van der Waals surface area contributed by atoms with Gasteiger partial charge in [-0.1, -0.05) is 11.8 Å². The van der Waals surface area contributed by atoms with Crippen molar-refractivity contribution >= 4 is 23.4 Å². The van der Waals surface area contributed by atoms with E-state index >= 15 is 0 Å². The summed E-state index contributed by atoms with van der Waals surface area (Å²) < 4.78 is 7.35. The summed E-state index contributed by atoms with van der Waals surface area (Å²) in [7, 11) is 0. The number of carbonyl (C=O) groups excluding carboxylic acids is 1. The number of ether oxygens (including phenoxy) is 1. The minimum Gasteiger partial charge on any atom is -0.376 e. The number of thioether (sulfide) groups is 1.